The molecule has 1 saturated heterocycles. The first-order valence-corrected chi connectivity index (χ1v) is 8.04. The Morgan fingerprint density at radius 3 is 2.26 bits per heavy atom. The van der Waals surface area contributed by atoms with Gasteiger partial charge in [0.1, 0.15) is 5.82 Å². The Balaban J connectivity index is 1.63. The summed E-state index contributed by atoms with van der Waals surface area (Å²) in [7, 11) is 0. The molecule has 1 fully saturated rings. The number of hydrogen-bond acceptors (Lipinski definition) is 2. The maximum absolute atomic E-state index is 12.9. The second kappa shape index (κ2) is 6.82. The molecule has 1 heterocycles. The van der Waals surface area contributed by atoms with Crippen LogP contribution in [0.15, 0.2) is 48.5 Å². The Kier molecular flexibility index (Phi) is 4.60. The molecule has 23 heavy (non-hydrogen) atoms. The van der Waals surface area contributed by atoms with Crippen LogP contribution in [0.4, 0.5) is 15.8 Å². The molecule has 1 N–H and O–H groups in total. The van der Waals surface area contributed by atoms with Gasteiger partial charge in [0.2, 0.25) is 0 Å². The summed E-state index contributed by atoms with van der Waals surface area (Å²) >= 11 is 0. The Labute approximate surface area is 136 Å². The van der Waals surface area contributed by atoms with Crippen molar-refractivity contribution >= 4 is 17.3 Å². The molecule has 3 nitrogen and oxygen atoms in total. The molecule has 2 aromatic carbocycles. The summed E-state index contributed by atoms with van der Waals surface area (Å²) in [5, 5.41) is 2.83. The number of anilines is 2. The predicted molar refractivity (Wildman–Crippen MR) is 91.4 cm³/mol. The topological polar surface area (TPSA) is 32.3 Å². The Hall–Kier alpha value is -2.36. The molecule has 0 radical (unpaired) electrons. The van der Waals surface area contributed by atoms with E-state index in [1.165, 1.54) is 42.8 Å². The fraction of sp³-hybridized carbons (Fsp3) is 0.316. The lowest BCUT2D eigenvalue weighted by Crippen LogP contribution is -2.32. The second-order valence-electron chi connectivity index (χ2n) is 6.18. The lowest BCUT2D eigenvalue weighted by Gasteiger charge is -2.32. The van der Waals surface area contributed by atoms with Gasteiger partial charge in [0.25, 0.3) is 5.91 Å². The minimum absolute atomic E-state index is 0.232. The largest absolute Gasteiger partial charge is 0.372 e. The number of amides is 1. The number of rotatable bonds is 3. The van der Waals surface area contributed by atoms with Crippen LogP contribution in [-0.4, -0.2) is 19.0 Å². The third kappa shape index (κ3) is 3.89. The van der Waals surface area contributed by atoms with Gasteiger partial charge in [0.05, 0.1) is 0 Å². The zero-order chi connectivity index (χ0) is 16.2. The second-order valence-corrected chi connectivity index (χ2v) is 6.18. The van der Waals surface area contributed by atoms with Crippen LogP contribution in [0.1, 0.15) is 30.1 Å². The van der Waals surface area contributed by atoms with Crippen molar-refractivity contribution in [3.8, 4) is 0 Å². The van der Waals surface area contributed by atoms with E-state index in [1.54, 1.807) is 0 Å². The van der Waals surface area contributed by atoms with Crippen molar-refractivity contribution in [2.45, 2.75) is 19.8 Å². The molecule has 1 aliphatic rings. The first kappa shape index (κ1) is 15.5. The van der Waals surface area contributed by atoms with E-state index in [4.69, 9.17) is 0 Å². The number of halogens is 1. The number of nitrogens with zero attached hydrogens (tertiary/aromatic N) is 1. The smallest absolute Gasteiger partial charge is 0.255 e. The molecule has 0 spiro atoms. The van der Waals surface area contributed by atoms with Crippen LogP contribution >= 0.6 is 0 Å². The van der Waals surface area contributed by atoms with E-state index in [0.29, 0.717) is 5.56 Å². The molecule has 0 bridgehead atoms. The Bertz CT molecular complexity index is 659. The van der Waals surface area contributed by atoms with E-state index < -0.39 is 0 Å². The van der Waals surface area contributed by atoms with Crippen molar-refractivity contribution in [3.63, 3.8) is 0 Å². The molecule has 4 heteroatoms. The average Bonchev–Trinajstić information content (AvgIpc) is 2.57. The predicted octanol–water partition coefficient (Wildman–Crippen LogP) is 4.31. The van der Waals surface area contributed by atoms with Crippen molar-refractivity contribution in [1.82, 2.24) is 0 Å². The molecule has 120 valence electrons. The van der Waals surface area contributed by atoms with E-state index in [-0.39, 0.29) is 11.7 Å². The highest BCUT2D eigenvalue weighted by atomic mass is 19.1. The van der Waals surface area contributed by atoms with Gasteiger partial charge in [-0.2, -0.15) is 0 Å². The highest BCUT2D eigenvalue weighted by Crippen LogP contribution is 2.24. The molecular formula is C19H21FN2O. The lowest BCUT2D eigenvalue weighted by atomic mass is 9.99. The molecule has 0 saturated carbocycles. The summed E-state index contributed by atoms with van der Waals surface area (Å²) in [5.74, 6) is 0.229. The molecule has 3 rings (SSSR count). The number of carbonyl (C=O) groups is 1. The van der Waals surface area contributed by atoms with Gasteiger partial charge in [-0.1, -0.05) is 6.92 Å². The molecule has 1 aliphatic heterocycles. The number of hydrogen-bond donors (Lipinski definition) is 1. The van der Waals surface area contributed by atoms with E-state index in [0.717, 1.165) is 24.7 Å². The van der Waals surface area contributed by atoms with E-state index in [9.17, 15) is 9.18 Å². The fourth-order valence-corrected chi connectivity index (χ4v) is 2.83. The van der Waals surface area contributed by atoms with Gasteiger partial charge >= 0.3 is 0 Å². The van der Waals surface area contributed by atoms with Crippen LogP contribution in [0.5, 0.6) is 0 Å². The van der Waals surface area contributed by atoms with Crippen molar-refractivity contribution in [3.05, 3.63) is 59.9 Å². The summed E-state index contributed by atoms with van der Waals surface area (Å²) < 4.78 is 12.9. The maximum Gasteiger partial charge on any atom is 0.255 e. The fourth-order valence-electron chi connectivity index (χ4n) is 2.83. The first-order valence-electron chi connectivity index (χ1n) is 8.04. The minimum atomic E-state index is -0.346. The summed E-state index contributed by atoms with van der Waals surface area (Å²) in [6.45, 7) is 4.47. The van der Waals surface area contributed by atoms with Gasteiger partial charge in [-0.15, -0.1) is 0 Å². The van der Waals surface area contributed by atoms with Gasteiger partial charge < -0.3 is 10.2 Å². The van der Waals surface area contributed by atoms with Crippen LogP contribution < -0.4 is 10.2 Å². The molecular weight excluding hydrogens is 291 g/mol. The summed E-state index contributed by atoms with van der Waals surface area (Å²) in [4.78, 5) is 14.5. The van der Waals surface area contributed by atoms with Crippen molar-refractivity contribution in [2.24, 2.45) is 5.92 Å². The zero-order valence-electron chi connectivity index (χ0n) is 13.3. The highest BCUT2D eigenvalue weighted by Gasteiger charge is 2.16. The first-order chi connectivity index (χ1) is 11.1. The summed E-state index contributed by atoms with van der Waals surface area (Å²) in [5.41, 5.74) is 2.38. The van der Waals surface area contributed by atoms with Crippen LogP contribution in [0.3, 0.4) is 0 Å². The van der Waals surface area contributed by atoms with E-state index in [2.05, 4.69) is 17.1 Å². The third-order valence-corrected chi connectivity index (χ3v) is 4.38. The molecule has 0 aromatic heterocycles. The SMILES string of the molecule is CC1CCN(c2ccc(NC(=O)c3ccc(F)cc3)cc2)CC1. The maximum atomic E-state index is 12.9. The Morgan fingerprint density at radius 1 is 1.04 bits per heavy atom. The van der Waals surface area contributed by atoms with Gasteiger partial charge in [-0.3, -0.25) is 4.79 Å². The lowest BCUT2D eigenvalue weighted by molar-refractivity contribution is 0.102. The van der Waals surface area contributed by atoms with E-state index in [1.807, 2.05) is 24.3 Å². The van der Waals surface area contributed by atoms with Crippen molar-refractivity contribution in [2.75, 3.05) is 23.3 Å². The third-order valence-electron chi connectivity index (χ3n) is 4.38. The number of nitrogens with one attached hydrogen (secondary N) is 1. The zero-order valence-corrected chi connectivity index (χ0v) is 13.3. The molecule has 0 atom stereocenters. The normalized spacial score (nSPS) is 15.5. The van der Waals surface area contributed by atoms with Crippen LogP contribution in [0, 0.1) is 11.7 Å². The van der Waals surface area contributed by atoms with Gasteiger partial charge in [0.15, 0.2) is 0 Å². The number of carbonyl (C=O) groups excluding carboxylic acids is 1. The Morgan fingerprint density at radius 2 is 1.65 bits per heavy atom. The molecule has 1 amide bonds. The van der Waals surface area contributed by atoms with Crippen LogP contribution in [0.25, 0.3) is 0 Å². The van der Waals surface area contributed by atoms with Gasteiger partial charge in [0, 0.05) is 30.0 Å². The quantitative estimate of drug-likeness (QED) is 0.915. The van der Waals surface area contributed by atoms with Gasteiger partial charge in [-0.05, 0) is 67.3 Å². The molecule has 2 aromatic rings. The molecule has 0 aliphatic carbocycles. The van der Waals surface area contributed by atoms with Gasteiger partial charge in [-0.25, -0.2) is 4.39 Å². The van der Waals surface area contributed by atoms with E-state index >= 15 is 0 Å². The summed E-state index contributed by atoms with van der Waals surface area (Å²) in [6, 6.07) is 13.4. The summed E-state index contributed by atoms with van der Waals surface area (Å²) in [6.07, 6.45) is 2.45. The highest BCUT2D eigenvalue weighted by molar-refractivity contribution is 6.04. The van der Waals surface area contributed by atoms with Crippen LogP contribution in [0.2, 0.25) is 0 Å². The minimum Gasteiger partial charge on any atom is -0.372 e. The number of benzene rings is 2. The van der Waals surface area contributed by atoms with Crippen molar-refractivity contribution in [1.29, 1.82) is 0 Å². The molecule has 0 unspecified atom stereocenters. The average molecular weight is 312 g/mol. The number of piperidine rings is 1. The van der Waals surface area contributed by atoms with Crippen LogP contribution in [-0.2, 0) is 0 Å². The standard InChI is InChI=1S/C19H21FN2O/c1-14-10-12-22(13-11-14)18-8-6-17(7-9-18)21-19(23)15-2-4-16(20)5-3-15/h2-9,14H,10-13H2,1H3,(H,21,23). The monoisotopic (exact) mass is 312 g/mol. The van der Waals surface area contributed by atoms with Crippen molar-refractivity contribution < 1.29 is 9.18 Å².